The van der Waals surface area contributed by atoms with Crippen LogP contribution in [0.2, 0.25) is 0 Å². The molecular formula is C10H19O2. The molecule has 0 spiro atoms. The molecule has 0 aliphatic heterocycles. The molecule has 0 saturated heterocycles. The molecule has 1 unspecified atom stereocenters. The topological polar surface area (TPSA) is 37.3 Å². The largest absolute Gasteiger partial charge is 0.393 e. The Labute approximate surface area is 75.0 Å². The maximum Gasteiger partial charge on any atom is 0.133 e. The van der Waals surface area contributed by atoms with Gasteiger partial charge in [-0.2, -0.15) is 0 Å². The van der Waals surface area contributed by atoms with Crippen molar-refractivity contribution in [2.24, 2.45) is 0 Å². The molecule has 0 aromatic heterocycles. The highest BCUT2D eigenvalue weighted by molar-refractivity contribution is 5.82. The van der Waals surface area contributed by atoms with Gasteiger partial charge in [-0.25, -0.2) is 0 Å². The summed E-state index contributed by atoms with van der Waals surface area (Å²) < 4.78 is 0. The van der Waals surface area contributed by atoms with Gasteiger partial charge in [-0.15, -0.1) is 0 Å². The fraction of sp³-hybridized carbons (Fsp3) is 0.800. The molecule has 12 heavy (non-hydrogen) atoms. The summed E-state index contributed by atoms with van der Waals surface area (Å²) in [7, 11) is 0. The lowest BCUT2D eigenvalue weighted by molar-refractivity contribution is -0.115. The first-order valence-corrected chi connectivity index (χ1v) is 4.69. The zero-order valence-electron chi connectivity index (χ0n) is 7.88. The molecular weight excluding hydrogens is 152 g/mol. The van der Waals surface area contributed by atoms with Gasteiger partial charge < -0.3 is 5.11 Å². The first-order valence-electron chi connectivity index (χ1n) is 4.69. The van der Waals surface area contributed by atoms with Gasteiger partial charge in [0.1, 0.15) is 5.78 Å². The van der Waals surface area contributed by atoms with Crippen LogP contribution in [0.4, 0.5) is 0 Å². The van der Waals surface area contributed by atoms with Crippen LogP contribution >= 0.6 is 0 Å². The van der Waals surface area contributed by atoms with Crippen molar-refractivity contribution in [3.63, 3.8) is 0 Å². The monoisotopic (exact) mass is 171 g/mol. The third-order valence-corrected chi connectivity index (χ3v) is 1.88. The van der Waals surface area contributed by atoms with E-state index in [0.717, 1.165) is 32.1 Å². The van der Waals surface area contributed by atoms with E-state index >= 15 is 0 Å². The summed E-state index contributed by atoms with van der Waals surface area (Å²) in [6.45, 7) is 5.38. The lowest BCUT2D eigenvalue weighted by atomic mass is 10.1. The predicted molar refractivity (Wildman–Crippen MR) is 49.7 cm³/mol. The molecule has 0 amide bonds. The van der Waals surface area contributed by atoms with E-state index in [1.807, 2.05) is 0 Å². The number of rotatable bonds is 7. The zero-order chi connectivity index (χ0) is 9.40. The van der Waals surface area contributed by atoms with Crippen molar-refractivity contribution in [3.8, 4) is 0 Å². The summed E-state index contributed by atoms with van der Waals surface area (Å²) >= 11 is 0. The molecule has 71 valence electrons. The minimum atomic E-state index is -0.218. The van der Waals surface area contributed by atoms with Crippen molar-refractivity contribution in [1.82, 2.24) is 0 Å². The van der Waals surface area contributed by atoms with E-state index < -0.39 is 0 Å². The standard InChI is InChI=1S/C10H19O2/c1-3-4-7-10(12)8-5-6-9(2)11/h10,12H,2-8H2,1H3. The van der Waals surface area contributed by atoms with E-state index in [-0.39, 0.29) is 11.9 Å². The van der Waals surface area contributed by atoms with Gasteiger partial charge in [0.2, 0.25) is 0 Å². The molecule has 0 heterocycles. The van der Waals surface area contributed by atoms with Crippen molar-refractivity contribution in [1.29, 1.82) is 0 Å². The van der Waals surface area contributed by atoms with E-state index in [1.54, 1.807) is 0 Å². The van der Waals surface area contributed by atoms with Gasteiger partial charge in [0.25, 0.3) is 0 Å². The number of hydrogen-bond donors (Lipinski definition) is 1. The summed E-state index contributed by atoms with van der Waals surface area (Å²) in [6.07, 6.45) is 4.84. The van der Waals surface area contributed by atoms with Crippen LogP contribution in [-0.2, 0) is 4.79 Å². The number of ketones is 1. The van der Waals surface area contributed by atoms with E-state index in [4.69, 9.17) is 0 Å². The van der Waals surface area contributed by atoms with E-state index in [0.29, 0.717) is 6.42 Å². The van der Waals surface area contributed by atoms with Gasteiger partial charge in [-0.1, -0.05) is 19.8 Å². The van der Waals surface area contributed by atoms with Crippen LogP contribution in [0.1, 0.15) is 45.4 Å². The minimum absolute atomic E-state index is 0.0299. The second kappa shape index (κ2) is 7.29. The molecule has 0 aromatic carbocycles. The molecule has 1 atom stereocenters. The maximum atomic E-state index is 10.4. The summed E-state index contributed by atoms with van der Waals surface area (Å²) in [5.41, 5.74) is 0. The Morgan fingerprint density at radius 1 is 1.42 bits per heavy atom. The summed E-state index contributed by atoms with van der Waals surface area (Å²) in [5, 5.41) is 9.36. The van der Waals surface area contributed by atoms with Crippen molar-refractivity contribution in [2.45, 2.75) is 51.6 Å². The Morgan fingerprint density at radius 2 is 2.00 bits per heavy atom. The van der Waals surface area contributed by atoms with Crippen LogP contribution in [-0.4, -0.2) is 17.0 Å². The van der Waals surface area contributed by atoms with Crippen molar-refractivity contribution < 1.29 is 9.90 Å². The van der Waals surface area contributed by atoms with Crippen molar-refractivity contribution in [2.75, 3.05) is 0 Å². The molecule has 0 aromatic rings. The first-order chi connectivity index (χ1) is 5.66. The molecule has 2 nitrogen and oxygen atoms in total. The van der Waals surface area contributed by atoms with Gasteiger partial charge in [0.05, 0.1) is 6.10 Å². The highest BCUT2D eigenvalue weighted by Gasteiger charge is 2.03. The second-order valence-corrected chi connectivity index (χ2v) is 3.23. The number of carbonyl (C=O) groups is 1. The van der Waals surface area contributed by atoms with Gasteiger partial charge in [0, 0.05) is 13.3 Å². The number of aliphatic hydroxyl groups is 1. The first kappa shape index (κ1) is 11.6. The number of carbonyl (C=O) groups excluding carboxylic acids is 1. The van der Waals surface area contributed by atoms with Crippen LogP contribution in [0.3, 0.4) is 0 Å². The molecule has 1 radical (unpaired) electrons. The van der Waals surface area contributed by atoms with E-state index in [9.17, 15) is 9.90 Å². The Bertz CT molecular complexity index is 121. The Balaban J connectivity index is 3.19. The highest BCUT2D eigenvalue weighted by atomic mass is 16.3. The normalized spacial score (nSPS) is 12.9. The summed E-state index contributed by atoms with van der Waals surface area (Å²) in [6, 6.07) is 0. The molecule has 0 saturated carbocycles. The SMILES string of the molecule is [CH2]C(=O)CCCC(O)CCCC. The summed E-state index contributed by atoms with van der Waals surface area (Å²) in [5.74, 6) is -0.0299. The smallest absolute Gasteiger partial charge is 0.133 e. The molecule has 1 N–H and O–H groups in total. The number of aliphatic hydroxyl groups excluding tert-OH is 1. The van der Waals surface area contributed by atoms with Gasteiger partial charge in [0.15, 0.2) is 0 Å². The fourth-order valence-corrected chi connectivity index (χ4v) is 1.12. The fourth-order valence-electron chi connectivity index (χ4n) is 1.12. The Morgan fingerprint density at radius 3 is 2.50 bits per heavy atom. The lowest BCUT2D eigenvalue weighted by Gasteiger charge is -2.07. The number of hydrogen-bond acceptors (Lipinski definition) is 2. The molecule has 0 bridgehead atoms. The second-order valence-electron chi connectivity index (χ2n) is 3.23. The Hall–Kier alpha value is -0.370. The third-order valence-electron chi connectivity index (χ3n) is 1.88. The van der Waals surface area contributed by atoms with Crippen LogP contribution in [0.5, 0.6) is 0 Å². The predicted octanol–water partition coefficient (Wildman–Crippen LogP) is 2.11. The maximum absolute atomic E-state index is 10.4. The molecule has 0 aliphatic rings. The number of Topliss-reactive ketones (excluding diaryl/α,β-unsaturated/α-hetero) is 1. The van der Waals surface area contributed by atoms with Gasteiger partial charge >= 0.3 is 0 Å². The third kappa shape index (κ3) is 7.73. The Kier molecular flexibility index (Phi) is 7.06. The van der Waals surface area contributed by atoms with Crippen LogP contribution in [0.25, 0.3) is 0 Å². The number of unbranched alkanes of at least 4 members (excludes halogenated alkanes) is 1. The van der Waals surface area contributed by atoms with E-state index in [2.05, 4.69) is 13.8 Å². The highest BCUT2D eigenvalue weighted by Crippen LogP contribution is 2.08. The average molecular weight is 171 g/mol. The molecule has 0 fully saturated rings. The van der Waals surface area contributed by atoms with E-state index in [1.165, 1.54) is 0 Å². The van der Waals surface area contributed by atoms with Crippen molar-refractivity contribution in [3.05, 3.63) is 6.92 Å². The quantitative estimate of drug-likeness (QED) is 0.637. The van der Waals surface area contributed by atoms with Crippen molar-refractivity contribution >= 4 is 5.78 Å². The molecule has 0 rings (SSSR count). The minimum Gasteiger partial charge on any atom is -0.393 e. The molecule has 2 heteroatoms. The van der Waals surface area contributed by atoms with Crippen LogP contribution in [0, 0.1) is 6.92 Å². The van der Waals surface area contributed by atoms with Crippen LogP contribution in [0.15, 0.2) is 0 Å². The van der Waals surface area contributed by atoms with Gasteiger partial charge in [-0.05, 0) is 19.3 Å². The zero-order valence-corrected chi connectivity index (χ0v) is 7.88. The van der Waals surface area contributed by atoms with Gasteiger partial charge in [-0.3, -0.25) is 4.79 Å². The summed E-state index contributed by atoms with van der Waals surface area (Å²) in [4.78, 5) is 10.4. The lowest BCUT2D eigenvalue weighted by Crippen LogP contribution is -2.06. The molecule has 0 aliphatic carbocycles. The van der Waals surface area contributed by atoms with Crippen LogP contribution < -0.4 is 0 Å². The average Bonchev–Trinajstić information content (AvgIpc) is 2.00.